The quantitative estimate of drug-likeness (QED) is 0.167. The van der Waals surface area contributed by atoms with E-state index < -0.39 is 0 Å². The first-order valence-corrected chi connectivity index (χ1v) is 18.8. The van der Waals surface area contributed by atoms with Crippen LogP contribution in [0.1, 0.15) is 0 Å². The van der Waals surface area contributed by atoms with Gasteiger partial charge in [0.15, 0.2) is 0 Å². The Labute approximate surface area is 310 Å². The van der Waals surface area contributed by atoms with Gasteiger partial charge in [-0.15, -0.1) is 11.3 Å². The Morgan fingerprint density at radius 2 is 1.06 bits per heavy atom. The van der Waals surface area contributed by atoms with Crippen LogP contribution >= 0.6 is 11.3 Å². The molecule has 2 nitrogen and oxygen atoms in total. The van der Waals surface area contributed by atoms with Crippen LogP contribution in [-0.4, -0.2) is 0 Å². The van der Waals surface area contributed by atoms with Crippen molar-refractivity contribution in [1.82, 2.24) is 0 Å². The molecule has 53 heavy (non-hydrogen) atoms. The highest BCUT2D eigenvalue weighted by Crippen LogP contribution is 2.46. The minimum Gasteiger partial charge on any atom is -0.456 e. The van der Waals surface area contributed by atoms with Gasteiger partial charge in [-0.1, -0.05) is 127 Å². The molecule has 0 radical (unpaired) electrons. The molecule has 0 N–H and O–H groups in total. The van der Waals surface area contributed by atoms with E-state index in [2.05, 4.69) is 187 Å². The summed E-state index contributed by atoms with van der Waals surface area (Å²) >= 11 is 1.86. The highest BCUT2D eigenvalue weighted by atomic mass is 32.1. The van der Waals surface area contributed by atoms with E-state index in [9.17, 15) is 0 Å². The minimum atomic E-state index is 0.873. The molecule has 0 aliphatic rings. The lowest BCUT2D eigenvalue weighted by molar-refractivity contribution is 0.669. The second-order valence-corrected chi connectivity index (χ2v) is 14.7. The molecule has 0 aliphatic heterocycles. The number of benzene rings is 9. The summed E-state index contributed by atoms with van der Waals surface area (Å²) in [6.07, 6.45) is 0. The third-order valence-electron chi connectivity index (χ3n) is 10.6. The van der Waals surface area contributed by atoms with Gasteiger partial charge in [0, 0.05) is 36.9 Å². The van der Waals surface area contributed by atoms with E-state index in [0.717, 1.165) is 39.0 Å². The minimum absolute atomic E-state index is 0.873. The molecular weight excluding hydrogens is 663 g/mol. The van der Waals surface area contributed by atoms with Crippen LogP contribution in [0.4, 0.5) is 17.1 Å². The molecule has 2 heterocycles. The van der Waals surface area contributed by atoms with Crippen LogP contribution in [0.3, 0.4) is 0 Å². The zero-order valence-electron chi connectivity index (χ0n) is 28.7. The van der Waals surface area contributed by atoms with E-state index in [1.807, 2.05) is 17.4 Å². The molecule has 0 spiro atoms. The Bertz CT molecular complexity index is 3190. The summed E-state index contributed by atoms with van der Waals surface area (Å²) in [6.45, 7) is 0. The molecular formula is C50H31NOS. The van der Waals surface area contributed by atoms with Crippen LogP contribution in [0.2, 0.25) is 0 Å². The third kappa shape index (κ3) is 4.78. The lowest BCUT2D eigenvalue weighted by atomic mass is 9.93. The van der Waals surface area contributed by atoms with Crippen molar-refractivity contribution in [3.8, 4) is 22.3 Å². The Morgan fingerprint density at radius 3 is 1.94 bits per heavy atom. The molecule has 0 fully saturated rings. The van der Waals surface area contributed by atoms with Crippen molar-refractivity contribution < 1.29 is 4.42 Å². The fraction of sp³-hybridized carbons (Fsp3) is 0. The molecule has 0 amide bonds. The number of fused-ring (bicyclic) bond motifs is 9. The molecule has 9 aromatic carbocycles. The molecule has 11 rings (SSSR count). The first kappa shape index (κ1) is 30.0. The number of hydrogen-bond donors (Lipinski definition) is 0. The molecule has 0 aliphatic carbocycles. The number of thiophene rings is 1. The number of rotatable bonds is 5. The standard InChI is InChI=1S/C50H31NOS/c1-2-15-37-34(12-1)31-43(40-17-4-3-16-39(37)40)33-13-9-14-36(30-33)51(44-21-11-23-46-50(44)41-18-5-7-22-45(41)52-46)35-28-26-32(27-29-35)38-20-10-25-48-49(38)42-19-6-8-24-47(42)53-48/h1-31H. The van der Waals surface area contributed by atoms with E-state index in [-0.39, 0.29) is 0 Å². The van der Waals surface area contributed by atoms with E-state index in [1.54, 1.807) is 0 Å². The highest BCUT2D eigenvalue weighted by molar-refractivity contribution is 7.25. The summed E-state index contributed by atoms with van der Waals surface area (Å²) in [6, 6.07) is 68.0. The SMILES string of the molecule is c1cc(-c2cc3ccccc3c3ccccc23)cc(N(c2ccc(-c3cccc4sc5ccccc5c34)cc2)c2cccc3oc4ccccc4c23)c1. The van der Waals surface area contributed by atoms with Crippen molar-refractivity contribution in [2.45, 2.75) is 0 Å². The van der Waals surface area contributed by atoms with Crippen molar-refractivity contribution in [3.05, 3.63) is 188 Å². The van der Waals surface area contributed by atoms with Gasteiger partial charge in [0.05, 0.1) is 11.1 Å². The summed E-state index contributed by atoms with van der Waals surface area (Å²) in [5.41, 5.74) is 9.84. The zero-order valence-corrected chi connectivity index (χ0v) is 29.5. The van der Waals surface area contributed by atoms with Crippen LogP contribution in [0, 0.1) is 0 Å². The van der Waals surface area contributed by atoms with Crippen molar-refractivity contribution in [2.24, 2.45) is 0 Å². The summed E-state index contributed by atoms with van der Waals surface area (Å²) in [4.78, 5) is 2.39. The average molecular weight is 694 g/mol. The topological polar surface area (TPSA) is 16.4 Å². The van der Waals surface area contributed by atoms with Crippen LogP contribution in [0.5, 0.6) is 0 Å². The van der Waals surface area contributed by atoms with Crippen molar-refractivity contribution in [3.63, 3.8) is 0 Å². The number of hydrogen-bond acceptors (Lipinski definition) is 3. The normalized spacial score (nSPS) is 11.8. The predicted octanol–water partition coefficient (Wildman–Crippen LogP) is 15.1. The van der Waals surface area contributed by atoms with E-state index in [4.69, 9.17) is 4.42 Å². The summed E-state index contributed by atoms with van der Waals surface area (Å²) in [5, 5.41) is 9.86. The maximum absolute atomic E-state index is 6.42. The Morgan fingerprint density at radius 1 is 0.377 bits per heavy atom. The molecule has 3 heteroatoms. The van der Waals surface area contributed by atoms with E-state index >= 15 is 0 Å². The summed E-state index contributed by atoms with van der Waals surface area (Å²) in [5.74, 6) is 0. The van der Waals surface area contributed by atoms with Gasteiger partial charge in [0.2, 0.25) is 0 Å². The zero-order chi connectivity index (χ0) is 34.9. The van der Waals surface area contributed by atoms with Crippen molar-refractivity contribution in [2.75, 3.05) is 4.90 Å². The Balaban J connectivity index is 1.12. The molecule has 2 aromatic heterocycles. The Kier molecular flexibility index (Phi) is 6.76. The van der Waals surface area contributed by atoms with Gasteiger partial charge in [-0.3, -0.25) is 0 Å². The van der Waals surface area contributed by atoms with Gasteiger partial charge in [-0.25, -0.2) is 0 Å². The van der Waals surface area contributed by atoms with Gasteiger partial charge < -0.3 is 9.32 Å². The molecule has 11 aromatic rings. The van der Waals surface area contributed by atoms with Gasteiger partial charge in [0.1, 0.15) is 11.2 Å². The second-order valence-electron chi connectivity index (χ2n) is 13.6. The van der Waals surface area contributed by atoms with E-state index in [0.29, 0.717) is 0 Å². The molecule has 0 bridgehead atoms. The van der Waals surface area contributed by atoms with Crippen LogP contribution in [0.15, 0.2) is 192 Å². The number of anilines is 3. The van der Waals surface area contributed by atoms with Crippen molar-refractivity contribution >= 4 is 92.1 Å². The second kappa shape index (κ2) is 11.9. The van der Waals surface area contributed by atoms with E-state index in [1.165, 1.54) is 64.0 Å². The molecule has 248 valence electrons. The molecule has 0 unspecified atom stereocenters. The highest BCUT2D eigenvalue weighted by Gasteiger charge is 2.21. The van der Waals surface area contributed by atoms with Gasteiger partial charge in [-0.2, -0.15) is 0 Å². The van der Waals surface area contributed by atoms with Crippen LogP contribution in [-0.2, 0) is 0 Å². The van der Waals surface area contributed by atoms with Gasteiger partial charge in [0.25, 0.3) is 0 Å². The molecule has 0 saturated carbocycles. The first-order valence-electron chi connectivity index (χ1n) is 18.0. The summed E-state index contributed by atoms with van der Waals surface area (Å²) < 4.78 is 9.04. The monoisotopic (exact) mass is 693 g/mol. The third-order valence-corrected chi connectivity index (χ3v) is 11.8. The molecule has 0 saturated heterocycles. The van der Waals surface area contributed by atoms with Crippen LogP contribution < -0.4 is 4.90 Å². The van der Waals surface area contributed by atoms with Gasteiger partial charge >= 0.3 is 0 Å². The smallest absolute Gasteiger partial charge is 0.137 e. The largest absolute Gasteiger partial charge is 0.456 e. The maximum atomic E-state index is 6.42. The lowest BCUT2D eigenvalue weighted by Gasteiger charge is -2.27. The number of para-hydroxylation sites is 1. The fourth-order valence-corrected chi connectivity index (χ4v) is 9.41. The van der Waals surface area contributed by atoms with Crippen LogP contribution in [0.25, 0.3) is 85.9 Å². The van der Waals surface area contributed by atoms with Crippen molar-refractivity contribution in [1.29, 1.82) is 0 Å². The summed E-state index contributed by atoms with van der Waals surface area (Å²) in [7, 11) is 0. The first-order chi connectivity index (χ1) is 26.3. The molecule has 0 atom stereocenters. The number of furan rings is 1. The predicted molar refractivity (Wildman–Crippen MR) is 227 cm³/mol. The van der Waals surface area contributed by atoms with Gasteiger partial charge in [-0.05, 0) is 104 Å². The Hall–Kier alpha value is -6.68. The average Bonchev–Trinajstić information content (AvgIpc) is 3.80. The fourth-order valence-electron chi connectivity index (χ4n) is 8.28. The number of nitrogens with zero attached hydrogens (tertiary/aromatic N) is 1. The maximum Gasteiger partial charge on any atom is 0.137 e. The lowest BCUT2D eigenvalue weighted by Crippen LogP contribution is -2.10.